The molecule has 3 unspecified atom stereocenters. The molecule has 17 nitrogen and oxygen atoms in total. The minimum Gasteiger partial charge on any atom is -0.462 e. The van der Waals surface area contributed by atoms with Gasteiger partial charge in [0.2, 0.25) is 0 Å². The van der Waals surface area contributed by atoms with E-state index in [-0.39, 0.29) is 25.7 Å². The van der Waals surface area contributed by atoms with E-state index in [1.807, 2.05) is 0 Å². The van der Waals surface area contributed by atoms with Crippen LogP contribution in [0.5, 0.6) is 0 Å². The Balaban J connectivity index is 5.24. The average molecular weight is 1510 g/mol. The van der Waals surface area contributed by atoms with Crippen molar-refractivity contribution in [3.05, 3.63) is 0 Å². The number of aliphatic hydroxyl groups excluding tert-OH is 1. The third kappa shape index (κ3) is 76.6. The fourth-order valence-electron chi connectivity index (χ4n) is 13.0. The van der Waals surface area contributed by atoms with Crippen molar-refractivity contribution >= 4 is 39.5 Å². The maximum absolute atomic E-state index is 13.1. The zero-order valence-corrected chi connectivity index (χ0v) is 69.6. The largest absolute Gasteiger partial charge is 0.472 e. The van der Waals surface area contributed by atoms with Crippen molar-refractivity contribution in [2.24, 2.45) is 17.8 Å². The lowest BCUT2D eigenvalue weighted by atomic mass is 10.00. The predicted molar refractivity (Wildman–Crippen MR) is 423 cm³/mol. The van der Waals surface area contributed by atoms with Gasteiger partial charge >= 0.3 is 39.5 Å². The van der Waals surface area contributed by atoms with Crippen LogP contribution in [-0.4, -0.2) is 96.7 Å². The van der Waals surface area contributed by atoms with E-state index in [4.69, 9.17) is 37.0 Å². The number of hydrogen-bond donors (Lipinski definition) is 3. The van der Waals surface area contributed by atoms with Crippen LogP contribution in [0.4, 0.5) is 0 Å². The van der Waals surface area contributed by atoms with Crippen LogP contribution >= 0.6 is 15.6 Å². The number of carbonyl (C=O) groups is 4. The molecule has 19 heteroatoms. The summed E-state index contributed by atoms with van der Waals surface area (Å²) in [7, 11) is -9.93. The van der Waals surface area contributed by atoms with Gasteiger partial charge < -0.3 is 33.8 Å². The second-order valence-corrected chi connectivity index (χ2v) is 34.3. The van der Waals surface area contributed by atoms with Crippen molar-refractivity contribution in [2.75, 3.05) is 39.6 Å². The summed E-state index contributed by atoms with van der Waals surface area (Å²) >= 11 is 0. The molecule has 0 amide bonds. The summed E-state index contributed by atoms with van der Waals surface area (Å²) < 4.78 is 68.8. The lowest BCUT2D eigenvalue weighted by Gasteiger charge is -2.21. The Bertz CT molecular complexity index is 1990. The Hall–Kier alpha value is -1.94. The molecule has 0 aromatic rings. The second kappa shape index (κ2) is 74.2. The molecule has 0 aliphatic carbocycles. The number of carbonyl (C=O) groups excluding carboxylic acids is 4. The van der Waals surface area contributed by atoms with Crippen LogP contribution in [0.15, 0.2) is 0 Å². The second-order valence-electron chi connectivity index (χ2n) is 31.4. The van der Waals surface area contributed by atoms with Gasteiger partial charge in [0.25, 0.3) is 0 Å². The van der Waals surface area contributed by atoms with E-state index in [9.17, 15) is 43.2 Å². The van der Waals surface area contributed by atoms with Crippen molar-refractivity contribution in [1.82, 2.24) is 0 Å². The molecule has 0 aromatic carbocycles. The number of esters is 4. The van der Waals surface area contributed by atoms with E-state index in [0.717, 1.165) is 114 Å². The van der Waals surface area contributed by atoms with E-state index in [2.05, 4.69) is 48.5 Å². The lowest BCUT2D eigenvalue weighted by Crippen LogP contribution is -2.30. The highest BCUT2D eigenvalue weighted by atomic mass is 31.2. The molecule has 0 aliphatic rings. The normalized spacial score (nSPS) is 14.2. The molecule has 0 spiro atoms. The van der Waals surface area contributed by atoms with Crippen molar-refractivity contribution < 1.29 is 80.2 Å². The van der Waals surface area contributed by atoms with Gasteiger partial charge in [0, 0.05) is 25.7 Å². The molecule has 0 saturated heterocycles. The van der Waals surface area contributed by atoms with E-state index in [1.54, 1.807) is 0 Å². The summed E-state index contributed by atoms with van der Waals surface area (Å²) in [5.74, 6) is 0.216. The van der Waals surface area contributed by atoms with Crippen LogP contribution in [0.1, 0.15) is 440 Å². The SMILES string of the molecule is CCCCCCCCCCCCCCCCCCCCCC(=O)O[C@H](COC(=O)CCCCCCCCCCCCCCCCCC(C)C)COP(=O)(O)OC[C@@H](O)COP(=O)(O)OC[C@@H](COC(=O)CCCCCCCCC(C)CC)OC(=O)CCCCCCCCCCCCCCCC(C)C. The Morgan fingerprint density at radius 2 is 0.495 bits per heavy atom. The maximum atomic E-state index is 13.1. The summed E-state index contributed by atoms with van der Waals surface area (Å²) in [6.07, 6.45) is 63.9. The fraction of sp³-hybridized carbons (Fsp3) is 0.952. The van der Waals surface area contributed by atoms with Gasteiger partial charge in [-0.2, -0.15) is 0 Å². The highest BCUT2D eigenvalue weighted by Crippen LogP contribution is 2.45. The van der Waals surface area contributed by atoms with Crippen LogP contribution in [0.3, 0.4) is 0 Å². The first-order valence-electron chi connectivity index (χ1n) is 43.4. The number of phosphoric acid groups is 2. The fourth-order valence-corrected chi connectivity index (χ4v) is 14.6. The first-order valence-corrected chi connectivity index (χ1v) is 46.4. The van der Waals surface area contributed by atoms with Gasteiger partial charge in [-0.3, -0.25) is 37.3 Å². The average Bonchev–Trinajstić information content (AvgIpc) is 0.912. The van der Waals surface area contributed by atoms with Gasteiger partial charge in [0.1, 0.15) is 19.3 Å². The Labute approximate surface area is 632 Å². The van der Waals surface area contributed by atoms with Crippen LogP contribution in [0, 0.1) is 17.8 Å². The third-order valence-corrected chi connectivity index (χ3v) is 21.9. The molecule has 0 aliphatic heterocycles. The van der Waals surface area contributed by atoms with Gasteiger partial charge in [0.05, 0.1) is 26.4 Å². The Morgan fingerprint density at radius 3 is 0.738 bits per heavy atom. The Morgan fingerprint density at radius 1 is 0.282 bits per heavy atom. The summed E-state index contributed by atoms with van der Waals surface area (Å²) in [6, 6.07) is 0. The van der Waals surface area contributed by atoms with Crippen molar-refractivity contribution in [1.29, 1.82) is 0 Å². The number of rotatable bonds is 82. The summed E-state index contributed by atoms with van der Waals surface area (Å²) in [4.78, 5) is 73.1. The first kappa shape index (κ1) is 101. The first-order chi connectivity index (χ1) is 49.8. The number of aliphatic hydroxyl groups is 1. The van der Waals surface area contributed by atoms with E-state index in [0.29, 0.717) is 25.7 Å². The molecular weight excluding hydrogens is 1340 g/mol. The summed E-state index contributed by atoms with van der Waals surface area (Å²) in [6.45, 7) is 12.0. The number of unbranched alkanes of at least 4 members (excludes halogenated alkanes) is 49. The molecule has 3 N–H and O–H groups in total. The summed E-state index contributed by atoms with van der Waals surface area (Å²) in [5, 5.41) is 10.7. The quantitative estimate of drug-likeness (QED) is 0.0222. The standard InChI is InChI=1S/C84H164O17P2/c1-8-10-11-12-13-14-15-16-17-18-19-20-23-29-34-39-44-53-60-67-83(88)100-79(71-94-81(86)65-58-51-43-38-33-28-24-21-22-26-31-36-41-48-55-62-75(3)4)73-98-102(90,91)96-69-78(85)70-97-103(92,93)99-74-80(72-95-82(87)66-59-52-47-46-50-57-64-77(7)9-2)101-84(89)68-61-54-45-40-35-30-25-27-32-37-42-49-56-63-76(5)6/h75-80,85H,8-74H2,1-7H3,(H,90,91)(H,92,93)/t77?,78-,79-,80-/m1/s1. The minimum absolute atomic E-state index is 0.106. The Kier molecular flexibility index (Phi) is 72.8. The van der Waals surface area contributed by atoms with Crippen LogP contribution in [0.2, 0.25) is 0 Å². The molecule has 6 atom stereocenters. The van der Waals surface area contributed by atoms with Gasteiger partial charge in [-0.1, -0.05) is 389 Å². The molecule has 0 saturated carbocycles. The van der Waals surface area contributed by atoms with Gasteiger partial charge in [0.15, 0.2) is 12.2 Å². The monoisotopic (exact) mass is 1510 g/mol. The van der Waals surface area contributed by atoms with Crippen LogP contribution in [0.25, 0.3) is 0 Å². The van der Waals surface area contributed by atoms with E-state index in [1.165, 1.54) is 244 Å². The molecular formula is C84H164O17P2. The topological polar surface area (TPSA) is 237 Å². The lowest BCUT2D eigenvalue weighted by molar-refractivity contribution is -0.161. The van der Waals surface area contributed by atoms with Gasteiger partial charge in [-0.25, -0.2) is 9.13 Å². The molecule has 0 rings (SSSR count). The van der Waals surface area contributed by atoms with Crippen LogP contribution < -0.4 is 0 Å². The predicted octanol–water partition coefficient (Wildman–Crippen LogP) is 25.3. The number of phosphoric ester groups is 2. The number of hydrogen-bond acceptors (Lipinski definition) is 15. The highest BCUT2D eigenvalue weighted by Gasteiger charge is 2.30. The van der Waals surface area contributed by atoms with Crippen molar-refractivity contribution in [3.8, 4) is 0 Å². The summed E-state index contributed by atoms with van der Waals surface area (Å²) in [5.41, 5.74) is 0. The number of ether oxygens (including phenoxy) is 4. The molecule has 0 aromatic heterocycles. The molecule has 0 bridgehead atoms. The van der Waals surface area contributed by atoms with E-state index >= 15 is 0 Å². The molecule has 612 valence electrons. The van der Waals surface area contributed by atoms with Gasteiger partial charge in [-0.05, 0) is 43.4 Å². The molecule has 103 heavy (non-hydrogen) atoms. The highest BCUT2D eigenvalue weighted by molar-refractivity contribution is 7.47. The maximum Gasteiger partial charge on any atom is 0.472 e. The minimum atomic E-state index is -4.96. The molecule has 0 radical (unpaired) electrons. The third-order valence-electron chi connectivity index (χ3n) is 20.0. The van der Waals surface area contributed by atoms with E-state index < -0.39 is 97.5 Å². The van der Waals surface area contributed by atoms with Gasteiger partial charge in [-0.15, -0.1) is 0 Å². The zero-order valence-electron chi connectivity index (χ0n) is 67.8. The smallest absolute Gasteiger partial charge is 0.462 e. The molecule has 0 fully saturated rings. The van der Waals surface area contributed by atoms with Crippen molar-refractivity contribution in [2.45, 2.75) is 458 Å². The molecule has 0 heterocycles. The zero-order chi connectivity index (χ0) is 75.8. The van der Waals surface area contributed by atoms with Crippen molar-refractivity contribution in [3.63, 3.8) is 0 Å². The van der Waals surface area contributed by atoms with Crippen LogP contribution in [-0.2, 0) is 65.4 Å².